The first-order chi connectivity index (χ1) is 18.8. The SMILES string of the molecule is CCCc1c(OCCCOc2ccc(C(=O)/C=C\N(C)C)c(OC)c2CCC)ccc2c1OC(C(=O)O)CC2. The van der Waals surface area contributed by atoms with Crippen LogP contribution in [-0.2, 0) is 24.1 Å². The fraction of sp³-hybridized carbons (Fsp3) is 0.484. The van der Waals surface area contributed by atoms with E-state index in [2.05, 4.69) is 13.8 Å². The first kappa shape index (κ1) is 29.9. The number of hydrogen-bond donors (Lipinski definition) is 1. The van der Waals surface area contributed by atoms with Crippen molar-refractivity contribution < 1.29 is 33.6 Å². The Morgan fingerprint density at radius 3 is 2.28 bits per heavy atom. The van der Waals surface area contributed by atoms with Crippen molar-refractivity contribution in [3.63, 3.8) is 0 Å². The molecule has 0 bridgehead atoms. The van der Waals surface area contributed by atoms with E-state index in [4.69, 9.17) is 18.9 Å². The smallest absolute Gasteiger partial charge is 0.344 e. The Morgan fingerprint density at radius 1 is 1.03 bits per heavy atom. The molecule has 3 rings (SSSR count). The van der Waals surface area contributed by atoms with E-state index in [9.17, 15) is 14.7 Å². The molecule has 0 aromatic heterocycles. The Labute approximate surface area is 231 Å². The molecule has 1 atom stereocenters. The highest BCUT2D eigenvalue weighted by molar-refractivity contribution is 6.07. The topological polar surface area (TPSA) is 94.5 Å². The third-order valence-electron chi connectivity index (χ3n) is 6.53. The normalized spacial score (nSPS) is 14.4. The second-order valence-electron chi connectivity index (χ2n) is 9.83. The van der Waals surface area contributed by atoms with E-state index < -0.39 is 12.1 Å². The van der Waals surface area contributed by atoms with Gasteiger partial charge in [0.05, 0.1) is 25.9 Å². The van der Waals surface area contributed by atoms with Gasteiger partial charge in [0.15, 0.2) is 11.9 Å². The third kappa shape index (κ3) is 7.68. The van der Waals surface area contributed by atoms with Gasteiger partial charge in [0, 0.05) is 43.9 Å². The fourth-order valence-electron chi connectivity index (χ4n) is 4.67. The van der Waals surface area contributed by atoms with Gasteiger partial charge in [0.1, 0.15) is 23.0 Å². The maximum atomic E-state index is 12.8. The Morgan fingerprint density at radius 2 is 1.67 bits per heavy atom. The first-order valence-corrected chi connectivity index (χ1v) is 13.7. The largest absolute Gasteiger partial charge is 0.496 e. The lowest BCUT2D eigenvalue weighted by molar-refractivity contribution is -0.145. The van der Waals surface area contributed by atoms with Crippen molar-refractivity contribution in [2.45, 2.75) is 64.9 Å². The standard InChI is InChI=1S/C31H41NO7/c1-6-9-23-26(14-11-21-12-15-28(31(34)35)39-29(21)23)37-19-8-20-38-27-16-13-22(25(33)17-18-32(3)4)30(36-5)24(27)10-7-2/h11,13-14,16-18,28H,6-10,12,15,19-20H2,1-5H3,(H,34,35)/b18-17-. The molecule has 1 aliphatic rings. The van der Waals surface area contributed by atoms with Crippen LogP contribution in [0.25, 0.3) is 0 Å². The summed E-state index contributed by atoms with van der Waals surface area (Å²) in [6.45, 7) is 5.02. The zero-order chi connectivity index (χ0) is 28.4. The van der Waals surface area contributed by atoms with Crippen LogP contribution in [0.2, 0.25) is 0 Å². The number of methoxy groups -OCH3 is 1. The zero-order valence-corrected chi connectivity index (χ0v) is 23.7. The molecular weight excluding hydrogens is 498 g/mol. The van der Waals surface area contributed by atoms with Crippen LogP contribution in [0.5, 0.6) is 23.0 Å². The molecule has 1 aliphatic heterocycles. The number of carbonyl (C=O) groups excluding carboxylic acids is 1. The zero-order valence-electron chi connectivity index (χ0n) is 23.7. The van der Waals surface area contributed by atoms with Crippen LogP contribution in [0.1, 0.15) is 66.6 Å². The van der Waals surface area contributed by atoms with Gasteiger partial charge in [0.2, 0.25) is 0 Å². The lowest BCUT2D eigenvalue weighted by atomic mass is 9.96. The second-order valence-corrected chi connectivity index (χ2v) is 9.83. The molecule has 2 aromatic carbocycles. The summed E-state index contributed by atoms with van der Waals surface area (Å²) in [5.74, 6) is 1.59. The molecule has 1 unspecified atom stereocenters. The predicted molar refractivity (Wildman–Crippen MR) is 151 cm³/mol. The minimum atomic E-state index is -0.937. The number of aryl methyl sites for hydroxylation is 1. The Balaban J connectivity index is 1.67. The van der Waals surface area contributed by atoms with Crippen LogP contribution in [0.4, 0.5) is 0 Å². The van der Waals surface area contributed by atoms with Crippen molar-refractivity contribution in [2.24, 2.45) is 0 Å². The molecule has 0 aliphatic carbocycles. The fourth-order valence-corrected chi connectivity index (χ4v) is 4.67. The highest BCUT2D eigenvalue weighted by atomic mass is 16.5. The molecule has 2 aromatic rings. The van der Waals surface area contributed by atoms with Crippen molar-refractivity contribution in [3.8, 4) is 23.0 Å². The van der Waals surface area contributed by atoms with Gasteiger partial charge in [-0.25, -0.2) is 4.79 Å². The number of carbonyl (C=O) groups is 2. The third-order valence-corrected chi connectivity index (χ3v) is 6.53. The highest BCUT2D eigenvalue weighted by Crippen LogP contribution is 2.38. The maximum Gasteiger partial charge on any atom is 0.344 e. The second kappa shape index (κ2) is 14.5. The lowest BCUT2D eigenvalue weighted by Crippen LogP contribution is -2.31. The number of ether oxygens (including phenoxy) is 4. The summed E-state index contributed by atoms with van der Waals surface area (Å²) in [6.07, 6.45) is 7.46. The number of hydrogen-bond acceptors (Lipinski definition) is 7. The molecule has 8 nitrogen and oxygen atoms in total. The molecule has 8 heteroatoms. The van der Waals surface area contributed by atoms with Crippen molar-refractivity contribution in [2.75, 3.05) is 34.4 Å². The molecule has 0 fully saturated rings. The van der Waals surface area contributed by atoms with Crippen LogP contribution >= 0.6 is 0 Å². The van der Waals surface area contributed by atoms with Crippen molar-refractivity contribution in [1.29, 1.82) is 0 Å². The lowest BCUT2D eigenvalue weighted by Gasteiger charge is -2.26. The van der Waals surface area contributed by atoms with Crippen molar-refractivity contribution in [3.05, 3.63) is 58.8 Å². The summed E-state index contributed by atoms with van der Waals surface area (Å²) < 4.78 is 23.8. The number of nitrogens with zero attached hydrogens (tertiary/aromatic N) is 1. The quantitative estimate of drug-likeness (QED) is 0.181. The summed E-state index contributed by atoms with van der Waals surface area (Å²) in [6, 6.07) is 7.52. The van der Waals surface area contributed by atoms with Crippen LogP contribution in [0.3, 0.4) is 0 Å². The summed E-state index contributed by atoms with van der Waals surface area (Å²) in [7, 11) is 5.30. The molecule has 0 saturated carbocycles. The van der Waals surface area contributed by atoms with E-state index >= 15 is 0 Å². The van der Waals surface area contributed by atoms with Gasteiger partial charge in [-0.1, -0.05) is 32.8 Å². The molecule has 1 N–H and O–H groups in total. The van der Waals surface area contributed by atoms with Crippen molar-refractivity contribution in [1.82, 2.24) is 4.90 Å². The van der Waals surface area contributed by atoms with E-state index in [1.807, 2.05) is 37.2 Å². The van der Waals surface area contributed by atoms with E-state index in [-0.39, 0.29) is 5.78 Å². The summed E-state index contributed by atoms with van der Waals surface area (Å²) in [5.41, 5.74) is 3.36. The maximum absolute atomic E-state index is 12.8. The number of benzene rings is 2. The molecule has 212 valence electrons. The number of rotatable bonds is 15. The van der Waals surface area contributed by atoms with Crippen LogP contribution in [0.15, 0.2) is 36.5 Å². The first-order valence-electron chi connectivity index (χ1n) is 13.7. The van der Waals surface area contributed by atoms with E-state index in [0.29, 0.717) is 55.3 Å². The number of carboxylic acids is 1. The molecule has 1 heterocycles. The van der Waals surface area contributed by atoms with Crippen LogP contribution in [0, 0.1) is 0 Å². The molecule has 0 amide bonds. The van der Waals surface area contributed by atoms with Crippen LogP contribution in [-0.4, -0.2) is 62.3 Å². The molecule has 0 radical (unpaired) electrons. The van der Waals surface area contributed by atoms with Gasteiger partial charge in [-0.15, -0.1) is 0 Å². The minimum Gasteiger partial charge on any atom is -0.496 e. The molecule has 39 heavy (non-hydrogen) atoms. The minimum absolute atomic E-state index is 0.121. The number of ketones is 1. The summed E-state index contributed by atoms with van der Waals surface area (Å²) in [5, 5.41) is 9.42. The van der Waals surface area contributed by atoms with Gasteiger partial charge in [0.25, 0.3) is 0 Å². The average Bonchev–Trinajstić information content (AvgIpc) is 2.92. The van der Waals surface area contributed by atoms with Crippen molar-refractivity contribution >= 4 is 11.8 Å². The van der Waals surface area contributed by atoms with Crippen LogP contribution < -0.4 is 18.9 Å². The molecule has 0 saturated heterocycles. The Kier molecular flexibility index (Phi) is 11.1. The predicted octanol–water partition coefficient (Wildman–Crippen LogP) is 5.48. The average molecular weight is 540 g/mol. The summed E-state index contributed by atoms with van der Waals surface area (Å²) >= 11 is 0. The Bertz CT molecular complexity index is 1170. The van der Waals surface area contributed by atoms with Gasteiger partial charge in [-0.2, -0.15) is 0 Å². The van der Waals surface area contributed by atoms with E-state index in [1.165, 1.54) is 6.08 Å². The number of fused-ring (bicyclic) bond motifs is 1. The highest BCUT2D eigenvalue weighted by Gasteiger charge is 2.28. The monoisotopic (exact) mass is 539 g/mol. The number of aliphatic carboxylic acids is 1. The number of carboxylic acid groups (broad SMARTS) is 1. The van der Waals surface area contributed by atoms with E-state index in [0.717, 1.165) is 48.1 Å². The molecular formula is C31H41NO7. The van der Waals surface area contributed by atoms with Gasteiger partial charge < -0.3 is 29.0 Å². The number of allylic oxidation sites excluding steroid dienone is 1. The Hall–Kier alpha value is -3.68. The van der Waals surface area contributed by atoms with Gasteiger partial charge >= 0.3 is 5.97 Å². The van der Waals surface area contributed by atoms with Gasteiger partial charge in [-0.3, -0.25) is 4.79 Å². The van der Waals surface area contributed by atoms with Gasteiger partial charge in [-0.05, 0) is 49.4 Å². The summed E-state index contributed by atoms with van der Waals surface area (Å²) in [4.78, 5) is 26.1. The molecule has 0 spiro atoms. The van der Waals surface area contributed by atoms with E-state index in [1.54, 1.807) is 19.4 Å².